The van der Waals surface area contributed by atoms with Gasteiger partial charge >= 0.3 is 5.97 Å². The number of ether oxygens (including phenoxy) is 1. The molecule has 28 heavy (non-hydrogen) atoms. The third-order valence-corrected chi connectivity index (χ3v) is 5.12. The van der Waals surface area contributed by atoms with Crippen molar-refractivity contribution in [2.75, 3.05) is 7.11 Å². The minimum Gasteiger partial charge on any atom is -0.469 e. The highest BCUT2D eigenvalue weighted by Gasteiger charge is 2.35. The summed E-state index contributed by atoms with van der Waals surface area (Å²) in [4.78, 5) is 24.8. The quantitative estimate of drug-likeness (QED) is 0.558. The van der Waals surface area contributed by atoms with Gasteiger partial charge in [-0.05, 0) is 36.6 Å². The summed E-state index contributed by atoms with van der Waals surface area (Å²) in [5, 5.41) is 3.60. The molecular formula is C21H18Cl2FNO3. The van der Waals surface area contributed by atoms with Crippen LogP contribution in [0.1, 0.15) is 28.3 Å². The van der Waals surface area contributed by atoms with Crippen molar-refractivity contribution in [1.29, 1.82) is 0 Å². The van der Waals surface area contributed by atoms with Crippen LogP contribution < -0.4 is 5.32 Å². The van der Waals surface area contributed by atoms with Crippen LogP contribution in [0.2, 0.25) is 10.0 Å². The molecule has 7 heteroatoms. The predicted molar refractivity (Wildman–Crippen MR) is 106 cm³/mol. The zero-order chi connectivity index (χ0) is 20.3. The fraction of sp³-hybridized carbons (Fsp3) is 0.238. The summed E-state index contributed by atoms with van der Waals surface area (Å²) < 4.78 is 19.2. The normalized spacial score (nSPS) is 19.3. The van der Waals surface area contributed by atoms with Crippen molar-refractivity contribution in [3.63, 3.8) is 0 Å². The molecule has 4 nitrogen and oxygen atoms in total. The number of carbonyl (C=O) groups is 2. The monoisotopic (exact) mass is 421 g/mol. The summed E-state index contributed by atoms with van der Waals surface area (Å²) in [5.74, 6) is -2.41. The average Bonchev–Trinajstić information content (AvgIpc) is 3.10. The number of amides is 1. The zero-order valence-corrected chi connectivity index (χ0v) is 16.5. The standard InChI is InChI=1S/C21H18Cl2FNO3/c1-28-21(27)19(17-4-2-3-5-18(17)24)12-6-7-16(10-12)25-20(26)13-8-14(22)11-15(23)9-13/h2-9,11-12,16,19H,10H2,1H3,(H,25,26)/t12-,16+,19+/m1/s1. The summed E-state index contributed by atoms with van der Waals surface area (Å²) in [5.41, 5.74) is 0.616. The fourth-order valence-corrected chi connectivity index (χ4v) is 3.93. The lowest BCUT2D eigenvalue weighted by Crippen LogP contribution is -2.34. The van der Waals surface area contributed by atoms with Crippen molar-refractivity contribution in [1.82, 2.24) is 5.32 Å². The molecule has 0 aliphatic heterocycles. The second-order valence-electron chi connectivity index (χ2n) is 6.54. The van der Waals surface area contributed by atoms with E-state index in [1.807, 2.05) is 6.08 Å². The number of hydrogen-bond acceptors (Lipinski definition) is 3. The van der Waals surface area contributed by atoms with Crippen molar-refractivity contribution < 1.29 is 18.7 Å². The highest BCUT2D eigenvalue weighted by atomic mass is 35.5. The second kappa shape index (κ2) is 8.76. The Balaban J connectivity index is 1.74. The molecular weight excluding hydrogens is 404 g/mol. The number of nitrogens with one attached hydrogen (secondary N) is 1. The Bertz CT molecular complexity index is 911. The highest BCUT2D eigenvalue weighted by molar-refractivity contribution is 6.35. The third-order valence-electron chi connectivity index (χ3n) is 4.68. The first-order valence-electron chi connectivity index (χ1n) is 8.66. The molecule has 0 saturated heterocycles. The molecule has 3 rings (SSSR count). The molecule has 0 saturated carbocycles. The maximum absolute atomic E-state index is 14.3. The number of esters is 1. The number of allylic oxidation sites excluding steroid dienone is 1. The van der Waals surface area contributed by atoms with Gasteiger partial charge in [0.2, 0.25) is 0 Å². The molecule has 1 aliphatic carbocycles. The molecule has 0 radical (unpaired) electrons. The van der Waals surface area contributed by atoms with Gasteiger partial charge in [0.1, 0.15) is 5.82 Å². The maximum atomic E-state index is 14.3. The van der Waals surface area contributed by atoms with Gasteiger partial charge in [-0.2, -0.15) is 0 Å². The molecule has 2 aromatic carbocycles. The molecule has 146 valence electrons. The van der Waals surface area contributed by atoms with E-state index in [0.29, 0.717) is 22.0 Å². The van der Waals surface area contributed by atoms with Gasteiger partial charge < -0.3 is 10.1 Å². The Morgan fingerprint density at radius 3 is 2.46 bits per heavy atom. The first-order chi connectivity index (χ1) is 13.4. The Labute approximate surface area is 172 Å². The summed E-state index contributed by atoms with van der Waals surface area (Å²) in [6.07, 6.45) is 4.05. The van der Waals surface area contributed by atoms with E-state index in [1.54, 1.807) is 30.3 Å². The molecule has 1 aliphatic rings. The van der Waals surface area contributed by atoms with E-state index in [2.05, 4.69) is 5.32 Å². The van der Waals surface area contributed by atoms with Crippen LogP contribution in [0.5, 0.6) is 0 Å². The smallest absolute Gasteiger partial charge is 0.313 e. The van der Waals surface area contributed by atoms with E-state index in [-0.39, 0.29) is 23.4 Å². The van der Waals surface area contributed by atoms with Crippen LogP contribution >= 0.6 is 23.2 Å². The van der Waals surface area contributed by atoms with Crippen LogP contribution in [0, 0.1) is 11.7 Å². The van der Waals surface area contributed by atoms with Crippen LogP contribution in [0.4, 0.5) is 4.39 Å². The zero-order valence-electron chi connectivity index (χ0n) is 15.0. The molecule has 0 aromatic heterocycles. The Morgan fingerprint density at radius 2 is 1.82 bits per heavy atom. The Kier molecular flexibility index (Phi) is 6.37. The highest BCUT2D eigenvalue weighted by Crippen LogP contribution is 2.35. The predicted octanol–water partition coefficient (Wildman–Crippen LogP) is 4.76. The van der Waals surface area contributed by atoms with E-state index in [0.717, 1.165) is 0 Å². The van der Waals surface area contributed by atoms with Gasteiger partial charge in [-0.15, -0.1) is 0 Å². The summed E-state index contributed by atoms with van der Waals surface area (Å²) in [6, 6.07) is 10.4. The van der Waals surface area contributed by atoms with Gasteiger partial charge in [-0.1, -0.05) is 53.6 Å². The molecule has 0 fully saturated rings. The van der Waals surface area contributed by atoms with Gasteiger partial charge in [0, 0.05) is 27.2 Å². The molecule has 0 spiro atoms. The molecule has 0 heterocycles. The molecule has 3 atom stereocenters. The van der Waals surface area contributed by atoms with Crippen molar-refractivity contribution >= 4 is 35.1 Å². The topological polar surface area (TPSA) is 55.4 Å². The molecule has 1 N–H and O–H groups in total. The number of halogens is 3. The largest absolute Gasteiger partial charge is 0.469 e. The van der Waals surface area contributed by atoms with Crippen LogP contribution in [-0.4, -0.2) is 25.0 Å². The Morgan fingerprint density at radius 1 is 1.14 bits per heavy atom. The molecule has 0 bridgehead atoms. The van der Waals surface area contributed by atoms with E-state index in [1.165, 1.54) is 25.3 Å². The van der Waals surface area contributed by atoms with Crippen molar-refractivity contribution in [2.45, 2.75) is 18.4 Å². The van der Waals surface area contributed by atoms with Crippen molar-refractivity contribution in [2.24, 2.45) is 5.92 Å². The summed E-state index contributed by atoms with van der Waals surface area (Å²) in [6.45, 7) is 0. The van der Waals surface area contributed by atoms with Crippen molar-refractivity contribution in [3.05, 3.63) is 81.6 Å². The summed E-state index contributed by atoms with van der Waals surface area (Å²) >= 11 is 11.9. The van der Waals surface area contributed by atoms with E-state index in [9.17, 15) is 14.0 Å². The van der Waals surface area contributed by atoms with Gasteiger partial charge in [0.25, 0.3) is 5.91 Å². The number of benzene rings is 2. The minimum absolute atomic E-state index is 0.276. The lowest BCUT2D eigenvalue weighted by atomic mass is 9.85. The van der Waals surface area contributed by atoms with Crippen LogP contribution in [0.15, 0.2) is 54.6 Å². The van der Waals surface area contributed by atoms with Crippen molar-refractivity contribution in [3.8, 4) is 0 Å². The second-order valence-corrected chi connectivity index (χ2v) is 7.42. The summed E-state index contributed by atoms with van der Waals surface area (Å²) in [7, 11) is 1.27. The lowest BCUT2D eigenvalue weighted by molar-refractivity contribution is -0.143. The van der Waals surface area contributed by atoms with E-state index >= 15 is 0 Å². The minimum atomic E-state index is -0.787. The van der Waals surface area contributed by atoms with Gasteiger partial charge in [-0.3, -0.25) is 9.59 Å². The van der Waals surface area contributed by atoms with Crippen LogP contribution in [-0.2, 0) is 9.53 Å². The fourth-order valence-electron chi connectivity index (χ4n) is 3.40. The molecule has 1 amide bonds. The SMILES string of the molecule is COC(=O)[C@H](c1ccccc1F)[C@@H]1C=C[C@H](NC(=O)c2cc(Cl)cc(Cl)c2)C1. The van der Waals surface area contributed by atoms with Gasteiger partial charge in [0.05, 0.1) is 13.0 Å². The Hall–Kier alpha value is -2.37. The maximum Gasteiger partial charge on any atom is 0.313 e. The first kappa shape index (κ1) is 20.4. The average molecular weight is 422 g/mol. The lowest BCUT2D eigenvalue weighted by Gasteiger charge is -2.22. The van der Waals surface area contributed by atoms with Gasteiger partial charge in [0.15, 0.2) is 0 Å². The number of rotatable bonds is 5. The number of methoxy groups -OCH3 is 1. The van der Waals surface area contributed by atoms with Gasteiger partial charge in [-0.25, -0.2) is 4.39 Å². The first-order valence-corrected chi connectivity index (χ1v) is 9.42. The van der Waals surface area contributed by atoms with E-state index in [4.69, 9.17) is 27.9 Å². The third kappa shape index (κ3) is 4.54. The van der Waals surface area contributed by atoms with Crippen LogP contribution in [0.3, 0.4) is 0 Å². The molecule has 0 unspecified atom stereocenters. The number of hydrogen-bond donors (Lipinski definition) is 1. The van der Waals surface area contributed by atoms with E-state index < -0.39 is 17.7 Å². The molecule has 2 aromatic rings. The van der Waals surface area contributed by atoms with Crippen LogP contribution in [0.25, 0.3) is 0 Å². The number of carbonyl (C=O) groups excluding carboxylic acids is 2.